The molecule has 6 heteroatoms. The average molecular weight is 290 g/mol. The number of nitrogens with one attached hydrogen (secondary N) is 1. The molecule has 1 aromatic rings. The molecule has 0 unspecified atom stereocenters. The van der Waals surface area contributed by atoms with Gasteiger partial charge in [0, 0.05) is 24.2 Å². The lowest BCUT2D eigenvalue weighted by Gasteiger charge is -2.06. The zero-order chi connectivity index (χ0) is 13.6. The average Bonchev–Trinajstić information content (AvgIpc) is 2.28. The molecule has 100 valence electrons. The molecule has 4 nitrogen and oxygen atoms in total. The summed E-state index contributed by atoms with van der Waals surface area (Å²) in [5, 5.41) is 2.67. The van der Waals surface area contributed by atoms with Crippen LogP contribution in [0.15, 0.2) is 29.2 Å². The monoisotopic (exact) mass is 289 g/mol. The van der Waals surface area contributed by atoms with Crippen LogP contribution < -0.4 is 5.32 Å². The zero-order valence-electron chi connectivity index (χ0n) is 10.1. The Morgan fingerprint density at radius 2 is 2.06 bits per heavy atom. The van der Waals surface area contributed by atoms with E-state index in [0.29, 0.717) is 18.0 Å². The Morgan fingerprint density at radius 3 is 2.67 bits per heavy atom. The number of hydrogen-bond donors (Lipinski definition) is 1. The van der Waals surface area contributed by atoms with Crippen molar-refractivity contribution in [3.63, 3.8) is 0 Å². The molecule has 0 heterocycles. The zero-order valence-corrected chi connectivity index (χ0v) is 11.7. The molecule has 0 fully saturated rings. The minimum Gasteiger partial charge on any atom is -0.326 e. The van der Waals surface area contributed by atoms with Crippen LogP contribution in [-0.2, 0) is 14.6 Å². The summed E-state index contributed by atoms with van der Waals surface area (Å²) < 4.78 is 22.7. The smallest absolute Gasteiger partial charge is 0.224 e. The van der Waals surface area contributed by atoms with Gasteiger partial charge in [0.1, 0.15) is 0 Å². The van der Waals surface area contributed by atoms with E-state index in [4.69, 9.17) is 11.6 Å². The fourth-order valence-electron chi connectivity index (χ4n) is 1.41. The largest absolute Gasteiger partial charge is 0.326 e. The highest BCUT2D eigenvalue weighted by molar-refractivity contribution is 7.90. The molecule has 1 amide bonds. The van der Waals surface area contributed by atoms with Crippen molar-refractivity contribution in [1.29, 1.82) is 0 Å². The molecule has 0 saturated carbocycles. The Balaban J connectivity index is 2.65. The Labute approximate surface area is 112 Å². The third-order valence-corrected chi connectivity index (χ3v) is 3.71. The van der Waals surface area contributed by atoms with E-state index in [1.165, 1.54) is 12.1 Å². The van der Waals surface area contributed by atoms with Crippen molar-refractivity contribution in [3.05, 3.63) is 24.3 Å². The lowest BCUT2D eigenvalue weighted by Crippen LogP contribution is -2.11. The van der Waals surface area contributed by atoms with Crippen molar-refractivity contribution in [2.45, 2.75) is 24.2 Å². The van der Waals surface area contributed by atoms with Gasteiger partial charge >= 0.3 is 0 Å². The summed E-state index contributed by atoms with van der Waals surface area (Å²) in [6.45, 7) is 0. The molecule has 0 atom stereocenters. The van der Waals surface area contributed by atoms with Gasteiger partial charge in [0.05, 0.1) is 4.90 Å². The van der Waals surface area contributed by atoms with Crippen LogP contribution in [0.1, 0.15) is 19.3 Å². The summed E-state index contributed by atoms with van der Waals surface area (Å²) >= 11 is 5.52. The van der Waals surface area contributed by atoms with E-state index >= 15 is 0 Å². The van der Waals surface area contributed by atoms with Gasteiger partial charge in [0.15, 0.2) is 9.84 Å². The summed E-state index contributed by atoms with van der Waals surface area (Å²) in [5.41, 5.74) is 0.494. The van der Waals surface area contributed by atoms with Crippen LogP contribution in [0.3, 0.4) is 0 Å². The van der Waals surface area contributed by atoms with Gasteiger partial charge in [0.25, 0.3) is 0 Å². The normalized spacial score (nSPS) is 11.2. The maximum absolute atomic E-state index is 11.5. The van der Waals surface area contributed by atoms with Gasteiger partial charge < -0.3 is 5.32 Å². The van der Waals surface area contributed by atoms with Gasteiger partial charge in [-0.2, -0.15) is 0 Å². The number of rotatable bonds is 6. The van der Waals surface area contributed by atoms with Crippen molar-refractivity contribution < 1.29 is 13.2 Å². The van der Waals surface area contributed by atoms with Crippen LogP contribution in [0.25, 0.3) is 0 Å². The van der Waals surface area contributed by atoms with Gasteiger partial charge in [-0.3, -0.25) is 4.79 Å². The van der Waals surface area contributed by atoms with Crippen LogP contribution in [0.5, 0.6) is 0 Å². The lowest BCUT2D eigenvalue weighted by molar-refractivity contribution is -0.116. The van der Waals surface area contributed by atoms with Crippen molar-refractivity contribution in [1.82, 2.24) is 0 Å². The summed E-state index contributed by atoms with van der Waals surface area (Å²) in [4.78, 5) is 11.7. The highest BCUT2D eigenvalue weighted by Gasteiger charge is 2.08. The minimum absolute atomic E-state index is 0.134. The van der Waals surface area contributed by atoms with E-state index in [0.717, 1.165) is 19.1 Å². The Morgan fingerprint density at radius 1 is 1.33 bits per heavy atom. The van der Waals surface area contributed by atoms with E-state index in [1.807, 2.05) is 0 Å². The first-order valence-corrected chi connectivity index (χ1v) is 8.02. The highest BCUT2D eigenvalue weighted by Crippen LogP contribution is 2.15. The molecular formula is C12H16ClNO3S. The molecule has 1 aromatic carbocycles. The second-order valence-electron chi connectivity index (χ2n) is 3.99. The molecular weight excluding hydrogens is 274 g/mol. The van der Waals surface area contributed by atoms with Crippen molar-refractivity contribution >= 4 is 33.0 Å². The summed E-state index contributed by atoms with van der Waals surface area (Å²) in [7, 11) is -3.25. The molecule has 0 aliphatic carbocycles. The first kappa shape index (κ1) is 15.0. The third kappa shape index (κ3) is 5.06. The van der Waals surface area contributed by atoms with E-state index in [-0.39, 0.29) is 10.8 Å². The number of alkyl halides is 1. The maximum atomic E-state index is 11.5. The van der Waals surface area contributed by atoms with E-state index in [1.54, 1.807) is 12.1 Å². The number of anilines is 1. The number of unbranched alkanes of at least 4 members (excludes halogenated alkanes) is 1. The highest BCUT2D eigenvalue weighted by atomic mass is 35.5. The fourth-order valence-corrected chi connectivity index (χ4v) is 2.26. The van der Waals surface area contributed by atoms with Gasteiger partial charge in [-0.25, -0.2) is 8.42 Å². The number of amides is 1. The van der Waals surface area contributed by atoms with Crippen LogP contribution in [-0.4, -0.2) is 26.5 Å². The predicted molar refractivity (Wildman–Crippen MR) is 72.8 cm³/mol. The number of benzene rings is 1. The van der Waals surface area contributed by atoms with Gasteiger partial charge in [0.2, 0.25) is 5.91 Å². The van der Waals surface area contributed by atoms with Crippen LogP contribution in [0.4, 0.5) is 5.69 Å². The van der Waals surface area contributed by atoms with Gasteiger partial charge in [-0.1, -0.05) is 6.07 Å². The number of halogens is 1. The molecule has 18 heavy (non-hydrogen) atoms. The van der Waals surface area contributed by atoms with Crippen molar-refractivity contribution in [2.24, 2.45) is 0 Å². The molecule has 1 N–H and O–H groups in total. The van der Waals surface area contributed by atoms with E-state index in [2.05, 4.69) is 5.32 Å². The van der Waals surface area contributed by atoms with Crippen LogP contribution in [0, 0.1) is 0 Å². The second kappa shape index (κ2) is 6.75. The first-order valence-electron chi connectivity index (χ1n) is 5.59. The molecule has 0 aliphatic heterocycles. The standard InChI is InChI=1S/C12H16ClNO3S/c1-18(16,17)11-6-4-5-10(9-11)14-12(15)7-2-3-8-13/h4-6,9H,2-3,7-8H2,1H3,(H,14,15). The molecule has 1 rings (SSSR count). The quantitative estimate of drug-likeness (QED) is 0.646. The molecule has 0 radical (unpaired) electrons. The first-order chi connectivity index (χ1) is 8.43. The molecule has 0 bridgehead atoms. The summed E-state index contributed by atoms with van der Waals surface area (Å²) in [5.74, 6) is 0.405. The maximum Gasteiger partial charge on any atom is 0.224 e. The van der Waals surface area contributed by atoms with Gasteiger partial charge in [-0.15, -0.1) is 11.6 Å². The molecule has 0 aromatic heterocycles. The van der Waals surface area contributed by atoms with E-state index < -0.39 is 9.84 Å². The summed E-state index contributed by atoms with van der Waals surface area (Å²) in [6.07, 6.45) is 3.03. The number of carbonyl (C=O) groups is 1. The van der Waals surface area contributed by atoms with E-state index in [9.17, 15) is 13.2 Å². The Bertz CT molecular complexity index is 514. The molecule has 0 saturated heterocycles. The van der Waals surface area contributed by atoms with Crippen LogP contribution in [0.2, 0.25) is 0 Å². The third-order valence-electron chi connectivity index (χ3n) is 2.33. The van der Waals surface area contributed by atoms with Crippen molar-refractivity contribution in [3.8, 4) is 0 Å². The topological polar surface area (TPSA) is 63.2 Å². The van der Waals surface area contributed by atoms with Crippen molar-refractivity contribution in [2.75, 3.05) is 17.5 Å². The summed E-state index contributed by atoms with van der Waals surface area (Å²) in [6, 6.07) is 6.21. The SMILES string of the molecule is CS(=O)(=O)c1cccc(NC(=O)CCCCCl)c1. The lowest BCUT2D eigenvalue weighted by atomic mass is 10.2. The Hall–Kier alpha value is -1.07. The number of hydrogen-bond acceptors (Lipinski definition) is 3. The minimum atomic E-state index is -3.25. The van der Waals surface area contributed by atoms with Crippen LogP contribution >= 0.6 is 11.6 Å². The molecule has 0 aliphatic rings. The Kier molecular flexibility index (Phi) is 5.62. The van der Waals surface area contributed by atoms with Gasteiger partial charge in [-0.05, 0) is 31.0 Å². The number of sulfone groups is 1. The molecule has 0 spiro atoms. The number of carbonyl (C=O) groups excluding carboxylic acids is 1. The fraction of sp³-hybridized carbons (Fsp3) is 0.417. The second-order valence-corrected chi connectivity index (χ2v) is 6.39. The predicted octanol–water partition coefficient (Wildman–Crippen LogP) is 2.44.